The van der Waals surface area contributed by atoms with Crippen LogP contribution in [0, 0.1) is 0 Å². The Morgan fingerprint density at radius 2 is 2.12 bits per heavy atom. The predicted molar refractivity (Wildman–Crippen MR) is 68.6 cm³/mol. The van der Waals surface area contributed by atoms with Crippen LogP contribution in [0.15, 0.2) is 24.3 Å². The summed E-state index contributed by atoms with van der Waals surface area (Å²) >= 11 is 6.17. The van der Waals surface area contributed by atoms with Gasteiger partial charge < -0.3 is 11.1 Å². The molecular weight excluding hydrogens is 220 g/mol. The van der Waals surface area contributed by atoms with E-state index in [2.05, 4.69) is 18.3 Å². The average molecular weight is 239 g/mol. The van der Waals surface area contributed by atoms with Crippen LogP contribution < -0.4 is 11.1 Å². The van der Waals surface area contributed by atoms with E-state index in [-0.39, 0.29) is 0 Å². The van der Waals surface area contributed by atoms with Crippen molar-refractivity contribution in [1.82, 2.24) is 5.32 Å². The van der Waals surface area contributed by atoms with Crippen LogP contribution in [0.5, 0.6) is 0 Å². The van der Waals surface area contributed by atoms with Crippen molar-refractivity contribution in [2.75, 3.05) is 0 Å². The first-order valence-corrected chi connectivity index (χ1v) is 6.30. The lowest BCUT2D eigenvalue weighted by molar-refractivity contribution is 0.457. The number of hydrogen-bond donors (Lipinski definition) is 2. The molecule has 0 amide bonds. The molecule has 2 rings (SSSR count). The standard InChI is InChI=1S/C13H19ClN2/c1-9(12-4-2-3-5-13(12)14)16-11-7-6-10(15)8-11/h2-5,9-11,16H,6-8,15H2,1H3/t9-,10?,11?/m1/s1. The van der Waals surface area contributed by atoms with Crippen LogP contribution in [0.1, 0.15) is 37.8 Å². The third-order valence-electron chi connectivity index (χ3n) is 3.33. The molecule has 0 saturated heterocycles. The quantitative estimate of drug-likeness (QED) is 0.850. The van der Waals surface area contributed by atoms with Gasteiger partial charge in [-0.25, -0.2) is 0 Å². The first-order valence-electron chi connectivity index (χ1n) is 5.93. The molecule has 88 valence electrons. The minimum absolute atomic E-state index is 0.295. The topological polar surface area (TPSA) is 38.0 Å². The van der Waals surface area contributed by atoms with E-state index in [0.717, 1.165) is 17.9 Å². The Kier molecular flexibility index (Phi) is 3.85. The highest BCUT2D eigenvalue weighted by molar-refractivity contribution is 6.31. The van der Waals surface area contributed by atoms with Crippen molar-refractivity contribution in [1.29, 1.82) is 0 Å². The maximum absolute atomic E-state index is 6.17. The fraction of sp³-hybridized carbons (Fsp3) is 0.538. The Morgan fingerprint density at radius 1 is 1.38 bits per heavy atom. The van der Waals surface area contributed by atoms with Gasteiger partial charge in [0.05, 0.1) is 0 Å². The average Bonchev–Trinajstić information content (AvgIpc) is 2.64. The lowest BCUT2D eigenvalue weighted by Gasteiger charge is -2.20. The summed E-state index contributed by atoms with van der Waals surface area (Å²) in [6.07, 6.45) is 3.39. The molecule has 16 heavy (non-hydrogen) atoms. The second-order valence-electron chi connectivity index (χ2n) is 4.68. The van der Waals surface area contributed by atoms with Crippen molar-refractivity contribution in [3.63, 3.8) is 0 Å². The van der Waals surface area contributed by atoms with E-state index in [1.165, 1.54) is 12.0 Å². The first-order chi connectivity index (χ1) is 7.66. The van der Waals surface area contributed by atoms with Crippen LogP contribution in [-0.4, -0.2) is 12.1 Å². The fourth-order valence-corrected chi connectivity index (χ4v) is 2.74. The largest absolute Gasteiger partial charge is 0.328 e. The van der Waals surface area contributed by atoms with Gasteiger partial charge in [-0.3, -0.25) is 0 Å². The maximum Gasteiger partial charge on any atom is 0.0453 e. The van der Waals surface area contributed by atoms with E-state index >= 15 is 0 Å². The highest BCUT2D eigenvalue weighted by atomic mass is 35.5. The summed E-state index contributed by atoms with van der Waals surface area (Å²) in [6.45, 7) is 2.16. The summed E-state index contributed by atoms with van der Waals surface area (Å²) < 4.78 is 0. The lowest BCUT2D eigenvalue weighted by Crippen LogP contribution is -2.30. The smallest absolute Gasteiger partial charge is 0.0453 e. The monoisotopic (exact) mass is 238 g/mol. The molecule has 0 spiro atoms. The molecule has 3 heteroatoms. The highest BCUT2D eigenvalue weighted by Gasteiger charge is 2.23. The van der Waals surface area contributed by atoms with Gasteiger partial charge in [0.1, 0.15) is 0 Å². The zero-order chi connectivity index (χ0) is 11.5. The van der Waals surface area contributed by atoms with Crippen LogP contribution in [0.25, 0.3) is 0 Å². The van der Waals surface area contributed by atoms with Crippen LogP contribution in [0.3, 0.4) is 0 Å². The minimum atomic E-state index is 0.295. The summed E-state index contributed by atoms with van der Waals surface area (Å²) in [5.74, 6) is 0. The Morgan fingerprint density at radius 3 is 2.75 bits per heavy atom. The molecule has 1 aliphatic rings. The van der Waals surface area contributed by atoms with Gasteiger partial charge in [-0.15, -0.1) is 0 Å². The Hall–Kier alpha value is -0.570. The molecule has 1 fully saturated rings. The summed E-state index contributed by atoms with van der Waals surface area (Å²) in [4.78, 5) is 0. The number of hydrogen-bond acceptors (Lipinski definition) is 2. The predicted octanol–water partition coefficient (Wildman–Crippen LogP) is 2.87. The Bertz CT molecular complexity index is 354. The van der Waals surface area contributed by atoms with E-state index in [9.17, 15) is 0 Å². The van der Waals surface area contributed by atoms with Crippen LogP contribution in [0.4, 0.5) is 0 Å². The molecule has 0 heterocycles. The van der Waals surface area contributed by atoms with Gasteiger partial charge in [0.15, 0.2) is 0 Å². The van der Waals surface area contributed by atoms with Crippen molar-refractivity contribution in [3.8, 4) is 0 Å². The molecule has 1 aromatic rings. The molecule has 0 aliphatic heterocycles. The molecular formula is C13H19ClN2. The summed E-state index contributed by atoms with van der Waals surface area (Å²) in [6, 6.07) is 9.22. The summed E-state index contributed by atoms with van der Waals surface area (Å²) in [5.41, 5.74) is 7.07. The van der Waals surface area contributed by atoms with Crippen molar-refractivity contribution >= 4 is 11.6 Å². The van der Waals surface area contributed by atoms with Gasteiger partial charge >= 0.3 is 0 Å². The first kappa shape index (κ1) is 11.9. The van der Waals surface area contributed by atoms with Gasteiger partial charge in [-0.2, -0.15) is 0 Å². The third-order valence-corrected chi connectivity index (χ3v) is 3.67. The van der Waals surface area contributed by atoms with Crippen LogP contribution in [-0.2, 0) is 0 Å². The van der Waals surface area contributed by atoms with Crippen LogP contribution in [0.2, 0.25) is 5.02 Å². The molecule has 1 aromatic carbocycles. The van der Waals surface area contributed by atoms with Crippen LogP contribution >= 0.6 is 11.6 Å². The van der Waals surface area contributed by atoms with E-state index in [1.807, 2.05) is 18.2 Å². The lowest BCUT2D eigenvalue weighted by atomic mass is 10.1. The molecule has 3 N–H and O–H groups in total. The number of benzene rings is 1. The summed E-state index contributed by atoms with van der Waals surface area (Å²) in [7, 11) is 0. The highest BCUT2D eigenvalue weighted by Crippen LogP contribution is 2.25. The number of nitrogens with two attached hydrogens (primary N) is 1. The van der Waals surface area contributed by atoms with Gasteiger partial charge in [-0.1, -0.05) is 29.8 Å². The van der Waals surface area contributed by atoms with Crippen molar-refractivity contribution in [3.05, 3.63) is 34.9 Å². The van der Waals surface area contributed by atoms with Gasteiger partial charge in [0, 0.05) is 23.1 Å². The molecule has 2 nitrogen and oxygen atoms in total. The molecule has 1 saturated carbocycles. The van der Waals surface area contributed by atoms with E-state index < -0.39 is 0 Å². The number of halogens is 1. The van der Waals surface area contributed by atoms with Gasteiger partial charge in [-0.05, 0) is 37.8 Å². The minimum Gasteiger partial charge on any atom is -0.328 e. The van der Waals surface area contributed by atoms with Crippen molar-refractivity contribution in [2.24, 2.45) is 5.73 Å². The Balaban J connectivity index is 1.98. The van der Waals surface area contributed by atoms with Crippen molar-refractivity contribution < 1.29 is 0 Å². The second-order valence-corrected chi connectivity index (χ2v) is 5.09. The van der Waals surface area contributed by atoms with Gasteiger partial charge in [0.25, 0.3) is 0 Å². The molecule has 1 aliphatic carbocycles. The van der Waals surface area contributed by atoms with Gasteiger partial charge in [0.2, 0.25) is 0 Å². The zero-order valence-electron chi connectivity index (χ0n) is 9.62. The van der Waals surface area contributed by atoms with E-state index in [0.29, 0.717) is 18.1 Å². The SMILES string of the molecule is C[C@@H](NC1CCC(N)C1)c1ccccc1Cl. The fourth-order valence-electron chi connectivity index (χ4n) is 2.44. The molecule has 0 aromatic heterocycles. The maximum atomic E-state index is 6.17. The molecule has 0 radical (unpaired) electrons. The summed E-state index contributed by atoms with van der Waals surface area (Å²) in [5, 5.41) is 4.44. The van der Waals surface area contributed by atoms with E-state index in [4.69, 9.17) is 17.3 Å². The molecule has 0 bridgehead atoms. The molecule has 3 atom stereocenters. The normalized spacial score (nSPS) is 26.9. The molecule has 2 unspecified atom stereocenters. The number of nitrogens with one attached hydrogen (secondary N) is 1. The third kappa shape index (κ3) is 2.76. The Labute approximate surface area is 102 Å². The second kappa shape index (κ2) is 5.17. The zero-order valence-corrected chi connectivity index (χ0v) is 10.4. The number of rotatable bonds is 3. The van der Waals surface area contributed by atoms with Crippen molar-refractivity contribution in [2.45, 2.75) is 44.3 Å². The van der Waals surface area contributed by atoms with E-state index in [1.54, 1.807) is 0 Å².